The molecule has 1 aromatic carbocycles. The maximum absolute atomic E-state index is 12.2. The number of amides is 1. The fourth-order valence-corrected chi connectivity index (χ4v) is 3.10. The Bertz CT molecular complexity index is 983. The summed E-state index contributed by atoms with van der Waals surface area (Å²) < 4.78 is 1.87. The van der Waals surface area contributed by atoms with E-state index in [1.807, 2.05) is 42.6 Å². The lowest BCUT2D eigenvalue weighted by Crippen LogP contribution is -2.28. The summed E-state index contributed by atoms with van der Waals surface area (Å²) in [6.45, 7) is 4.47. The molecule has 0 fully saturated rings. The molecule has 3 aromatic rings. The number of hydrogen-bond acceptors (Lipinski definition) is 4. The minimum absolute atomic E-state index is 0.0415. The van der Waals surface area contributed by atoms with Crippen molar-refractivity contribution in [2.45, 2.75) is 33.1 Å². The Balaban J connectivity index is 1.88. The predicted octanol–water partition coefficient (Wildman–Crippen LogP) is 2.80. The van der Waals surface area contributed by atoms with Crippen LogP contribution in [0, 0.1) is 25.2 Å². The van der Waals surface area contributed by atoms with Crippen molar-refractivity contribution in [3.05, 3.63) is 41.2 Å². The average molecular weight is 335 g/mol. The Labute approximate surface area is 146 Å². The second-order valence-electron chi connectivity index (χ2n) is 6.24. The zero-order valence-corrected chi connectivity index (χ0v) is 14.8. The molecule has 0 radical (unpaired) electrons. The molecule has 3 rings (SSSR count). The zero-order chi connectivity index (χ0) is 18.0. The highest BCUT2D eigenvalue weighted by molar-refractivity contribution is 5.92. The molecule has 0 unspecified atom stereocenters. The Morgan fingerprint density at radius 3 is 2.84 bits per heavy atom. The number of carbonyl (C=O) groups excluding carboxylic acids is 1. The van der Waals surface area contributed by atoms with Gasteiger partial charge < -0.3 is 4.90 Å². The van der Waals surface area contributed by atoms with Crippen LogP contribution < -0.4 is 0 Å². The third-order valence-electron chi connectivity index (χ3n) is 4.59. The van der Waals surface area contributed by atoms with Gasteiger partial charge in [-0.3, -0.25) is 4.79 Å². The lowest BCUT2D eigenvalue weighted by atomic mass is 10.1. The first-order valence-corrected chi connectivity index (χ1v) is 8.37. The monoisotopic (exact) mass is 335 g/mol. The molecule has 25 heavy (non-hydrogen) atoms. The van der Waals surface area contributed by atoms with Crippen LogP contribution in [0.1, 0.15) is 29.8 Å². The number of aromatic nitrogens is 3. The second kappa shape index (κ2) is 6.89. The number of benzene rings is 1. The molecule has 0 spiro atoms. The van der Waals surface area contributed by atoms with E-state index in [1.54, 1.807) is 11.9 Å². The smallest absolute Gasteiger partial charge is 0.222 e. The Hall–Kier alpha value is -2.94. The molecule has 128 valence electrons. The van der Waals surface area contributed by atoms with Gasteiger partial charge in [-0.05, 0) is 38.0 Å². The van der Waals surface area contributed by atoms with Crippen LogP contribution in [-0.4, -0.2) is 39.0 Å². The van der Waals surface area contributed by atoms with Gasteiger partial charge in [0.05, 0.1) is 18.0 Å². The molecule has 0 aliphatic heterocycles. The van der Waals surface area contributed by atoms with E-state index in [0.29, 0.717) is 25.8 Å². The number of hydrogen-bond donors (Lipinski definition) is 0. The summed E-state index contributed by atoms with van der Waals surface area (Å²) in [4.78, 5) is 18.6. The molecule has 6 nitrogen and oxygen atoms in total. The maximum atomic E-state index is 12.2. The first-order valence-electron chi connectivity index (χ1n) is 8.37. The molecule has 0 aliphatic carbocycles. The van der Waals surface area contributed by atoms with E-state index in [2.05, 4.69) is 11.2 Å². The number of carbonyl (C=O) groups is 1. The van der Waals surface area contributed by atoms with E-state index < -0.39 is 0 Å². The van der Waals surface area contributed by atoms with Crippen LogP contribution in [0.25, 0.3) is 16.6 Å². The molecule has 0 aliphatic rings. The molecule has 0 bridgehead atoms. The van der Waals surface area contributed by atoms with Crippen LogP contribution in [0.5, 0.6) is 0 Å². The first-order chi connectivity index (χ1) is 12.0. The van der Waals surface area contributed by atoms with Crippen molar-refractivity contribution >= 4 is 22.5 Å². The number of aryl methyl sites for hydroxylation is 2. The minimum atomic E-state index is 0.0415. The molecule has 2 aromatic heterocycles. The van der Waals surface area contributed by atoms with Crippen LogP contribution >= 0.6 is 0 Å². The Morgan fingerprint density at radius 1 is 1.32 bits per heavy atom. The molecule has 0 atom stereocenters. The molecule has 0 saturated heterocycles. The normalized spacial score (nSPS) is 11.0. The van der Waals surface area contributed by atoms with Crippen molar-refractivity contribution in [1.82, 2.24) is 19.5 Å². The standard InChI is InChI=1S/C19H21N5O/c1-13-15(9-10-18(25)23(3)12-6-11-20)14(2)24-19(21-13)16-7-4-5-8-17(16)22-24/h4-5,7-8H,6,9-10,12H2,1-3H3. The van der Waals surface area contributed by atoms with Crippen molar-refractivity contribution in [1.29, 1.82) is 5.26 Å². The van der Waals surface area contributed by atoms with Crippen molar-refractivity contribution in [3.63, 3.8) is 0 Å². The third kappa shape index (κ3) is 3.18. The van der Waals surface area contributed by atoms with Crippen LogP contribution in [0.15, 0.2) is 24.3 Å². The minimum Gasteiger partial charge on any atom is -0.345 e. The summed E-state index contributed by atoms with van der Waals surface area (Å²) in [5.74, 6) is 0.0415. The molecule has 0 N–H and O–H groups in total. The zero-order valence-electron chi connectivity index (χ0n) is 14.8. The number of nitrogens with zero attached hydrogens (tertiary/aromatic N) is 5. The molecule has 2 heterocycles. The van der Waals surface area contributed by atoms with Crippen LogP contribution in [0.3, 0.4) is 0 Å². The van der Waals surface area contributed by atoms with Gasteiger partial charge in [0.15, 0.2) is 5.65 Å². The summed E-state index contributed by atoms with van der Waals surface area (Å²) in [5.41, 5.74) is 4.78. The molecular formula is C19H21N5O. The van der Waals surface area contributed by atoms with Crippen LogP contribution in [0.4, 0.5) is 0 Å². The highest BCUT2D eigenvalue weighted by Crippen LogP contribution is 2.23. The molecule has 1 amide bonds. The summed E-state index contributed by atoms with van der Waals surface area (Å²) in [6.07, 6.45) is 1.37. The Morgan fingerprint density at radius 2 is 2.08 bits per heavy atom. The quantitative estimate of drug-likeness (QED) is 0.718. The molecule has 6 heteroatoms. The third-order valence-corrected chi connectivity index (χ3v) is 4.59. The fourth-order valence-electron chi connectivity index (χ4n) is 3.10. The van der Waals surface area contributed by atoms with E-state index in [1.165, 1.54) is 0 Å². The van der Waals surface area contributed by atoms with Gasteiger partial charge in [-0.1, -0.05) is 12.1 Å². The van der Waals surface area contributed by atoms with Gasteiger partial charge in [-0.25, -0.2) is 9.50 Å². The van der Waals surface area contributed by atoms with Crippen molar-refractivity contribution in [2.75, 3.05) is 13.6 Å². The number of nitriles is 1. The topological polar surface area (TPSA) is 74.3 Å². The lowest BCUT2D eigenvalue weighted by molar-refractivity contribution is -0.129. The van der Waals surface area contributed by atoms with Gasteiger partial charge >= 0.3 is 0 Å². The van der Waals surface area contributed by atoms with E-state index in [-0.39, 0.29) is 5.91 Å². The van der Waals surface area contributed by atoms with E-state index in [4.69, 9.17) is 10.2 Å². The van der Waals surface area contributed by atoms with E-state index in [9.17, 15) is 4.79 Å². The van der Waals surface area contributed by atoms with Crippen molar-refractivity contribution < 1.29 is 4.79 Å². The van der Waals surface area contributed by atoms with Crippen molar-refractivity contribution in [2.24, 2.45) is 0 Å². The van der Waals surface area contributed by atoms with Crippen LogP contribution in [0.2, 0.25) is 0 Å². The van der Waals surface area contributed by atoms with Gasteiger partial charge in [0, 0.05) is 36.8 Å². The molecular weight excluding hydrogens is 314 g/mol. The van der Waals surface area contributed by atoms with Gasteiger partial charge in [-0.2, -0.15) is 10.4 Å². The first kappa shape index (κ1) is 16.9. The van der Waals surface area contributed by atoms with Gasteiger partial charge in [0.25, 0.3) is 0 Å². The Kier molecular flexibility index (Phi) is 4.66. The molecule has 0 saturated carbocycles. The lowest BCUT2D eigenvalue weighted by Gasteiger charge is -2.16. The van der Waals surface area contributed by atoms with Crippen molar-refractivity contribution in [3.8, 4) is 6.07 Å². The van der Waals surface area contributed by atoms with E-state index in [0.717, 1.165) is 33.5 Å². The summed E-state index contributed by atoms with van der Waals surface area (Å²) in [5, 5.41) is 14.3. The largest absolute Gasteiger partial charge is 0.345 e. The average Bonchev–Trinajstić information content (AvgIpc) is 2.98. The summed E-state index contributed by atoms with van der Waals surface area (Å²) >= 11 is 0. The van der Waals surface area contributed by atoms with Gasteiger partial charge in [0.1, 0.15) is 0 Å². The SMILES string of the molecule is Cc1nc2c3ccccc3nn2c(C)c1CCC(=O)N(C)CCC#N. The predicted molar refractivity (Wildman–Crippen MR) is 96.2 cm³/mol. The second-order valence-corrected chi connectivity index (χ2v) is 6.24. The summed E-state index contributed by atoms with van der Waals surface area (Å²) in [7, 11) is 1.74. The van der Waals surface area contributed by atoms with Crippen LogP contribution in [-0.2, 0) is 11.2 Å². The maximum Gasteiger partial charge on any atom is 0.222 e. The van der Waals surface area contributed by atoms with Gasteiger partial charge in [-0.15, -0.1) is 0 Å². The number of rotatable bonds is 5. The highest BCUT2D eigenvalue weighted by atomic mass is 16.2. The van der Waals surface area contributed by atoms with Gasteiger partial charge in [0.2, 0.25) is 5.91 Å². The highest BCUT2D eigenvalue weighted by Gasteiger charge is 2.16. The summed E-state index contributed by atoms with van der Waals surface area (Å²) in [6, 6.07) is 10.0. The fraction of sp³-hybridized carbons (Fsp3) is 0.368. The van der Waals surface area contributed by atoms with E-state index >= 15 is 0 Å². The number of fused-ring (bicyclic) bond motifs is 3.